The number of carbonyl (C=O) groups excluding carboxylic acids is 1. The molecule has 0 radical (unpaired) electrons. The molecular formula is C26H31N5O3. The Bertz CT molecular complexity index is 1070. The van der Waals surface area contributed by atoms with Crippen molar-refractivity contribution in [2.75, 3.05) is 29.8 Å². The fraction of sp³-hybridized carbons (Fsp3) is 0.346. The number of hydrogen-bond donors (Lipinski definition) is 2. The van der Waals surface area contributed by atoms with Gasteiger partial charge in [0, 0.05) is 23.1 Å². The predicted molar refractivity (Wildman–Crippen MR) is 134 cm³/mol. The number of methoxy groups -OCH3 is 2. The zero-order valence-corrected chi connectivity index (χ0v) is 19.7. The van der Waals surface area contributed by atoms with Gasteiger partial charge in [0.1, 0.15) is 17.3 Å². The van der Waals surface area contributed by atoms with Crippen LogP contribution < -0.4 is 25.0 Å². The van der Waals surface area contributed by atoms with E-state index in [2.05, 4.69) is 20.6 Å². The molecule has 2 heterocycles. The van der Waals surface area contributed by atoms with E-state index in [1.165, 1.54) is 38.5 Å². The van der Waals surface area contributed by atoms with Crippen LogP contribution in [0, 0.1) is 0 Å². The van der Waals surface area contributed by atoms with E-state index < -0.39 is 0 Å². The molecule has 2 aliphatic rings. The topological polar surface area (TPSA) is 88.6 Å². The quantitative estimate of drug-likeness (QED) is 0.475. The molecule has 34 heavy (non-hydrogen) atoms. The number of hydrogen-bond acceptors (Lipinski definition) is 6. The van der Waals surface area contributed by atoms with Crippen molar-refractivity contribution in [3.63, 3.8) is 0 Å². The molecule has 0 unspecified atom stereocenters. The van der Waals surface area contributed by atoms with Crippen LogP contribution in [0.3, 0.4) is 0 Å². The maximum absolute atomic E-state index is 12.5. The number of nitrogens with one attached hydrogen (secondary N) is 2. The first-order valence-electron chi connectivity index (χ1n) is 11.7. The minimum atomic E-state index is -0.244. The molecule has 5 rings (SSSR count). The first-order chi connectivity index (χ1) is 16.7. The van der Waals surface area contributed by atoms with Gasteiger partial charge >= 0.3 is 6.03 Å². The van der Waals surface area contributed by atoms with Crippen LogP contribution in [-0.4, -0.2) is 30.2 Å². The third-order valence-corrected chi connectivity index (χ3v) is 5.89. The summed E-state index contributed by atoms with van der Waals surface area (Å²) < 4.78 is 10.3. The normalized spacial score (nSPS) is 14.8. The lowest BCUT2D eigenvalue weighted by Crippen LogP contribution is -2.39. The third-order valence-electron chi connectivity index (χ3n) is 5.89. The Balaban J connectivity index is 0.000000398. The maximum Gasteiger partial charge on any atom is 0.327 e. The molecule has 2 N–H and O–H groups in total. The number of benzene rings is 2. The van der Waals surface area contributed by atoms with Crippen molar-refractivity contribution < 1.29 is 14.3 Å². The van der Waals surface area contributed by atoms with Crippen molar-refractivity contribution in [1.29, 1.82) is 0 Å². The summed E-state index contributed by atoms with van der Waals surface area (Å²) in [5.41, 5.74) is 2.42. The van der Waals surface area contributed by atoms with Gasteiger partial charge in [0.15, 0.2) is 0 Å². The summed E-state index contributed by atoms with van der Waals surface area (Å²) in [7, 11) is 3.22. The highest BCUT2D eigenvalue weighted by molar-refractivity contribution is 6.03. The van der Waals surface area contributed by atoms with Gasteiger partial charge in [0.05, 0.1) is 20.8 Å². The van der Waals surface area contributed by atoms with Gasteiger partial charge in [-0.1, -0.05) is 38.5 Å². The summed E-state index contributed by atoms with van der Waals surface area (Å²) in [5.74, 6) is 2.41. The second-order valence-corrected chi connectivity index (χ2v) is 8.26. The summed E-state index contributed by atoms with van der Waals surface area (Å²) in [6.07, 6.45) is 10.7. The largest absolute Gasteiger partial charge is 0.497 e. The molecule has 1 aliphatic carbocycles. The summed E-state index contributed by atoms with van der Waals surface area (Å²) in [5, 5.41) is 5.95. The number of rotatable bonds is 5. The van der Waals surface area contributed by atoms with Crippen LogP contribution in [0.1, 0.15) is 44.1 Å². The molecule has 8 nitrogen and oxygen atoms in total. The highest BCUT2D eigenvalue weighted by Crippen LogP contribution is 2.28. The average molecular weight is 462 g/mol. The SMILES string of the molecule is C1CCCCC1.COc1ccc(Nc2ncc3c(n2)NC(=O)N(c2ccc(OC)cc2)C3)cc1. The van der Waals surface area contributed by atoms with Gasteiger partial charge in [-0.25, -0.2) is 9.78 Å². The van der Waals surface area contributed by atoms with Crippen LogP contribution >= 0.6 is 0 Å². The molecule has 2 aromatic carbocycles. The fourth-order valence-electron chi connectivity index (χ4n) is 3.94. The summed E-state index contributed by atoms with van der Waals surface area (Å²) in [4.78, 5) is 23.0. The Morgan fingerprint density at radius 2 is 1.41 bits per heavy atom. The van der Waals surface area contributed by atoms with Crippen molar-refractivity contribution >= 4 is 29.2 Å². The Hall–Kier alpha value is -3.81. The molecule has 1 aromatic heterocycles. The van der Waals surface area contributed by atoms with Crippen molar-refractivity contribution in [2.45, 2.75) is 45.1 Å². The monoisotopic (exact) mass is 461 g/mol. The zero-order chi connectivity index (χ0) is 23.8. The number of nitrogens with zero attached hydrogens (tertiary/aromatic N) is 3. The van der Waals surface area contributed by atoms with Crippen LogP contribution in [0.5, 0.6) is 11.5 Å². The van der Waals surface area contributed by atoms with Crippen LogP contribution in [0.4, 0.5) is 27.9 Å². The van der Waals surface area contributed by atoms with Crippen molar-refractivity contribution in [2.24, 2.45) is 0 Å². The standard InChI is InChI=1S/C20H19N5O3.C6H12/c1-27-16-7-3-14(4-8-16)22-19-21-11-13-12-25(20(26)24-18(13)23-19)15-5-9-17(28-2)10-6-15;1-2-4-6-5-3-1/h3-11H,12H2,1-2H3,(H2,21,22,23,24,26);1-6H2. The molecule has 3 aromatic rings. The molecular weight excluding hydrogens is 430 g/mol. The van der Waals surface area contributed by atoms with Gasteiger partial charge in [-0.2, -0.15) is 4.98 Å². The third kappa shape index (κ3) is 5.95. The molecule has 1 saturated carbocycles. The predicted octanol–water partition coefficient (Wildman–Crippen LogP) is 6.13. The van der Waals surface area contributed by atoms with E-state index in [9.17, 15) is 4.79 Å². The lowest BCUT2D eigenvalue weighted by molar-refractivity contribution is 0.256. The lowest BCUT2D eigenvalue weighted by Gasteiger charge is -2.28. The van der Waals surface area contributed by atoms with Gasteiger partial charge in [0.25, 0.3) is 0 Å². The molecule has 8 heteroatoms. The first kappa shape index (κ1) is 23.4. The zero-order valence-electron chi connectivity index (χ0n) is 19.7. The van der Waals surface area contributed by atoms with E-state index in [1.54, 1.807) is 25.3 Å². The Kier molecular flexibility index (Phi) is 7.80. The van der Waals surface area contributed by atoms with Gasteiger partial charge < -0.3 is 14.8 Å². The number of urea groups is 1. The van der Waals surface area contributed by atoms with Gasteiger partial charge in [-0.3, -0.25) is 10.2 Å². The Morgan fingerprint density at radius 1 is 0.853 bits per heavy atom. The Labute approximate surface area is 200 Å². The van der Waals surface area contributed by atoms with Crippen LogP contribution in [0.25, 0.3) is 0 Å². The smallest absolute Gasteiger partial charge is 0.327 e. The highest BCUT2D eigenvalue weighted by Gasteiger charge is 2.25. The number of amides is 2. The van der Waals surface area contributed by atoms with E-state index in [-0.39, 0.29) is 6.03 Å². The van der Waals surface area contributed by atoms with E-state index >= 15 is 0 Å². The van der Waals surface area contributed by atoms with E-state index in [0.29, 0.717) is 18.3 Å². The molecule has 1 fully saturated rings. The van der Waals surface area contributed by atoms with Crippen molar-refractivity contribution in [3.8, 4) is 11.5 Å². The average Bonchev–Trinajstić information content (AvgIpc) is 2.90. The lowest BCUT2D eigenvalue weighted by atomic mass is 10.0. The number of aromatic nitrogens is 2. The number of ether oxygens (including phenoxy) is 2. The minimum Gasteiger partial charge on any atom is -0.497 e. The second-order valence-electron chi connectivity index (χ2n) is 8.26. The van der Waals surface area contributed by atoms with E-state index in [4.69, 9.17) is 9.47 Å². The molecule has 0 bridgehead atoms. The summed E-state index contributed by atoms with van der Waals surface area (Å²) in [6.45, 7) is 0.385. The fourth-order valence-corrected chi connectivity index (χ4v) is 3.94. The van der Waals surface area contributed by atoms with Gasteiger partial charge in [-0.15, -0.1) is 0 Å². The van der Waals surface area contributed by atoms with Crippen molar-refractivity contribution in [3.05, 3.63) is 60.3 Å². The molecule has 0 atom stereocenters. The molecule has 2 amide bonds. The van der Waals surface area contributed by atoms with Gasteiger partial charge in [0.2, 0.25) is 5.95 Å². The summed E-state index contributed by atoms with van der Waals surface area (Å²) in [6, 6.07) is 14.5. The number of carbonyl (C=O) groups is 1. The molecule has 178 valence electrons. The van der Waals surface area contributed by atoms with Crippen LogP contribution in [0.2, 0.25) is 0 Å². The highest BCUT2D eigenvalue weighted by atomic mass is 16.5. The number of anilines is 4. The van der Waals surface area contributed by atoms with Crippen LogP contribution in [-0.2, 0) is 6.54 Å². The maximum atomic E-state index is 12.5. The molecule has 0 saturated heterocycles. The second kappa shape index (κ2) is 11.4. The van der Waals surface area contributed by atoms with E-state index in [0.717, 1.165) is 28.4 Å². The summed E-state index contributed by atoms with van der Waals surface area (Å²) >= 11 is 0. The molecule has 0 spiro atoms. The Morgan fingerprint density at radius 3 is 1.97 bits per heavy atom. The minimum absolute atomic E-state index is 0.244. The van der Waals surface area contributed by atoms with Gasteiger partial charge in [-0.05, 0) is 48.5 Å². The van der Waals surface area contributed by atoms with Crippen LogP contribution in [0.15, 0.2) is 54.7 Å². The first-order valence-corrected chi connectivity index (χ1v) is 11.7. The van der Waals surface area contributed by atoms with Crippen molar-refractivity contribution in [1.82, 2.24) is 9.97 Å². The molecule has 1 aliphatic heterocycles. The van der Waals surface area contributed by atoms with E-state index in [1.807, 2.05) is 48.5 Å². The number of fused-ring (bicyclic) bond motifs is 1.